The van der Waals surface area contributed by atoms with Gasteiger partial charge in [0.25, 0.3) is 5.91 Å². The van der Waals surface area contributed by atoms with Crippen LogP contribution in [0, 0.1) is 0 Å². The van der Waals surface area contributed by atoms with Gasteiger partial charge in [-0.05, 0) is 42.8 Å². The van der Waals surface area contributed by atoms with Crippen molar-refractivity contribution in [2.45, 2.75) is 37.1 Å². The number of hydrogen-bond donors (Lipinski definition) is 0. The second kappa shape index (κ2) is 11.4. The first kappa shape index (κ1) is 27.7. The number of alkyl halides is 3. The van der Waals surface area contributed by atoms with Crippen LogP contribution in [0.25, 0.3) is 0 Å². The number of rotatable bonds is 10. The summed E-state index contributed by atoms with van der Waals surface area (Å²) in [6.07, 6.45) is -3.14. The average Bonchev–Trinajstić information content (AvgIpc) is 3.25. The highest BCUT2D eigenvalue weighted by atomic mass is 35.5. The molecule has 0 spiro atoms. The molecule has 1 amide bonds. The molecule has 0 atom stereocenters. The minimum Gasteiger partial charge on any atom is -0.383 e. The predicted molar refractivity (Wildman–Crippen MR) is 128 cm³/mol. The lowest BCUT2D eigenvalue weighted by atomic mass is 10.1. The summed E-state index contributed by atoms with van der Waals surface area (Å²) in [6.45, 7) is 2.30. The number of sulfone groups is 1. The minimum atomic E-state index is -4.51. The zero-order valence-electron chi connectivity index (χ0n) is 19.6. The Morgan fingerprint density at radius 1 is 1.14 bits per heavy atom. The van der Waals surface area contributed by atoms with Crippen LogP contribution in [-0.2, 0) is 39.6 Å². The van der Waals surface area contributed by atoms with Crippen molar-refractivity contribution < 1.29 is 31.1 Å². The van der Waals surface area contributed by atoms with Crippen LogP contribution in [0.15, 0.2) is 59.9 Å². The van der Waals surface area contributed by atoms with Gasteiger partial charge in [0, 0.05) is 30.8 Å². The molecule has 0 aliphatic carbocycles. The fraction of sp³-hybridized carbons (Fsp3) is 0.333. The summed E-state index contributed by atoms with van der Waals surface area (Å²) < 4.78 is 71.6. The van der Waals surface area contributed by atoms with Gasteiger partial charge in [-0.3, -0.25) is 4.79 Å². The summed E-state index contributed by atoms with van der Waals surface area (Å²) in [5.74, 6) is -0.857. The number of ether oxygens (including phenoxy) is 1. The molecule has 3 aromatic rings. The van der Waals surface area contributed by atoms with Gasteiger partial charge in [-0.15, -0.1) is 0 Å². The third-order valence-electron chi connectivity index (χ3n) is 5.48. The zero-order valence-corrected chi connectivity index (χ0v) is 21.2. The second-order valence-electron chi connectivity index (χ2n) is 7.92. The maximum Gasteiger partial charge on any atom is 0.416 e. The van der Waals surface area contributed by atoms with Gasteiger partial charge in [0.15, 0.2) is 0 Å². The van der Waals surface area contributed by atoms with Crippen LogP contribution in [0.2, 0.25) is 5.02 Å². The summed E-state index contributed by atoms with van der Waals surface area (Å²) in [5.41, 5.74) is 0.0917. The lowest BCUT2D eigenvalue weighted by molar-refractivity contribution is -0.137. The second-order valence-corrected chi connectivity index (χ2v) is 10.2. The van der Waals surface area contributed by atoms with Gasteiger partial charge in [-0.1, -0.05) is 29.8 Å². The summed E-state index contributed by atoms with van der Waals surface area (Å²) >= 11 is 6.14. The quantitative estimate of drug-likeness (QED) is 0.365. The SMILES string of the molecule is CCN(Cc1cnc(S(=O)(=O)Cc2ccccc2Cl)n1CCOC)C(=O)c1ccc(C(F)(F)F)cc1. The van der Waals surface area contributed by atoms with E-state index in [0.717, 1.165) is 24.3 Å². The Bertz CT molecular complexity index is 1310. The number of methoxy groups -OCH3 is 1. The van der Waals surface area contributed by atoms with E-state index in [1.54, 1.807) is 31.2 Å². The number of imidazole rings is 1. The summed E-state index contributed by atoms with van der Waals surface area (Å²) in [6, 6.07) is 10.5. The van der Waals surface area contributed by atoms with E-state index in [1.165, 1.54) is 22.8 Å². The molecule has 0 radical (unpaired) electrons. The standard InChI is InChI=1S/C24H25ClF3N3O4S/c1-3-30(22(32)17-8-10-19(11-9-17)24(26,27)28)15-20-14-29-23(31(20)12-13-35-2)36(33,34)16-18-6-4-5-7-21(18)25/h4-11,14H,3,12-13,15-16H2,1-2H3. The van der Waals surface area contributed by atoms with Crippen molar-refractivity contribution in [2.24, 2.45) is 0 Å². The molecular weight excluding hydrogens is 519 g/mol. The molecule has 0 saturated heterocycles. The minimum absolute atomic E-state index is 0.00527. The van der Waals surface area contributed by atoms with Crippen LogP contribution >= 0.6 is 11.6 Å². The first-order valence-electron chi connectivity index (χ1n) is 10.9. The summed E-state index contributed by atoms with van der Waals surface area (Å²) in [4.78, 5) is 18.5. The molecule has 0 saturated carbocycles. The van der Waals surface area contributed by atoms with Crippen LogP contribution in [0.4, 0.5) is 13.2 Å². The third kappa shape index (κ3) is 6.45. The highest BCUT2D eigenvalue weighted by molar-refractivity contribution is 7.90. The molecule has 194 valence electrons. The lowest BCUT2D eigenvalue weighted by Gasteiger charge is -2.22. The van der Waals surface area contributed by atoms with Crippen LogP contribution < -0.4 is 0 Å². The topological polar surface area (TPSA) is 81.5 Å². The van der Waals surface area contributed by atoms with Gasteiger partial charge in [0.1, 0.15) is 0 Å². The Morgan fingerprint density at radius 3 is 2.39 bits per heavy atom. The first-order chi connectivity index (χ1) is 17.0. The fourth-order valence-corrected chi connectivity index (χ4v) is 5.41. The van der Waals surface area contributed by atoms with E-state index in [4.69, 9.17) is 16.3 Å². The van der Waals surface area contributed by atoms with Crippen molar-refractivity contribution in [1.82, 2.24) is 14.5 Å². The molecule has 7 nitrogen and oxygen atoms in total. The Kier molecular flexibility index (Phi) is 8.80. The number of carbonyl (C=O) groups excluding carboxylic acids is 1. The molecule has 12 heteroatoms. The Balaban J connectivity index is 1.89. The van der Waals surface area contributed by atoms with E-state index in [0.29, 0.717) is 16.3 Å². The van der Waals surface area contributed by atoms with Gasteiger partial charge in [-0.25, -0.2) is 13.4 Å². The smallest absolute Gasteiger partial charge is 0.383 e. The predicted octanol–water partition coefficient (Wildman–Crippen LogP) is 4.84. The highest BCUT2D eigenvalue weighted by Gasteiger charge is 2.31. The van der Waals surface area contributed by atoms with Gasteiger partial charge >= 0.3 is 6.18 Å². The van der Waals surface area contributed by atoms with E-state index in [9.17, 15) is 26.4 Å². The molecule has 36 heavy (non-hydrogen) atoms. The van der Waals surface area contributed by atoms with Crippen molar-refractivity contribution in [2.75, 3.05) is 20.3 Å². The molecule has 1 heterocycles. The number of hydrogen-bond acceptors (Lipinski definition) is 5. The number of nitrogens with zero attached hydrogens (tertiary/aromatic N) is 3. The molecular formula is C24H25ClF3N3O4S. The Hall–Kier alpha value is -2.89. The largest absolute Gasteiger partial charge is 0.416 e. The average molecular weight is 544 g/mol. The van der Waals surface area contributed by atoms with E-state index < -0.39 is 27.5 Å². The van der Waals surface area contributed by atoms with Crippen molar-refractivity contribution in [3.05, 3.63) is 82.1 Å². The molecule has 0 N–H and O–H groups in total. The van der Waals surface area contributed by atoms with Crippen LogP contribution in [-0.4, -0.2) is 49.0 Å². The zero-order chi connectivity index (χ0) is 26.5. The number of carbonyl (C=O) groups is 1. The van der Waals surface area contributed by atoms with Crippen LogP contribution in [0.5, 0.6) is 0 Å². The van der Waals surface area contributed by atoms with Crippen molar-refractivity contribution in [3.8, 4) is 0 Å². The number of aromatic nitrogens is 2. The maximum atomic E-state index is 13.2. The highest BCUT2D eigenvalue weighted by Crippen LogP contribution is 2.29. The molecule has 0 fully saturated rings. The van der Waals surface area contributed by atoms with E-state index in [-0.39, 0.29) is 42.7 Å². The van der Waals surface area contributed by atoms with Crippen molar-refractivity contribution in [1.29, 1.82) is 0 Å². The maximum absolute atomic E-state index is 13.2. The van der Waals surface area contributed by atoms with Gasteiger partial charge in [0.2, 0.25) is 15.0 Å². The molecule has 0 bridgehead atoms. The van der Waals surface area contributed by atoms with E-state index in [2.05, 4.69) is 4.98 Å². The monoisotopic (exact) mass is 543 g/mol. The Labute approximate surface area is 212 Å². The molecule has 0 unspecified atom stereocenters. The summed E-state index contributed by atoms with van der Waals surface area (Å²) in [5, 5.41) is 0.128. The molecule has 3 rings (SSSR count). The third-order valence-corrected chi connectivity index (χ3v) is 7.43. The van der Waals surface area contributed by atoms with E-state index in [1.807, 2.05) is 0 Å². The van der Waals surface area contributed by atoms with Gasteiger partial charge in [-0.2, -0.15) is 13.2 Å². The first-order valence-corrected chi connectivity index (χ1v) is 13.0. The lowest BCUT2D eigenvalue weighted by Crippen LogP contribution is -2.31. The Morgan fingerprint density at radius 2 is 1.81 bits per heavy atom. The fourth-order valence-electron chi connectivity index (χ4n) is 3.58. The molecule has 1 aromatic heterocycles. The van der Waals surface area contributed by atoms with Crippen LogP contribution in [0.1, 0.15) is 34.1 Å². The van der Waals surface area contributed by atoms with Gasteiger partial charge < -0.3 is 14.2 Å². The van der Waals surface area contributed by atoms with Crippen molar-refractivity contribution in [3.63, 3.8) is 0 Å². The van der Waals surface area contributed by atoms with Crippen molar-refractivity contribution >= 4 is 27.3 Å². The number of benzene rings is 2. The van der Waals surface area contributed by atoms with Crippen LogP contribution in [0.3, 0.4) is 0 Å². The summed E-state index contributed by atoms with van der Waals surface area (Å²) in [7, 11) is -2.43. The number of halogens is 4. The molecule has 2 aromatic carbocycles. The molecule has 0 aliphatic rings. The van der Waals surface area contributed by atoms with E-state index >= 15 is 0 Å². The number of amides is 1. The molecule has 0 aliphatic heterocycles. The normalized spacial score (nSPS) is 12.1. The van der Waals surface area contributed by atoms with Gasteiger partial charge in [0.05, 0.1) is 36.4 Å².